The van der Waals surface area contributed by atoms with Gasteiger partial charge in [-0.05, 0) is 12.3 Å². The molecule has 0 radical (unpaired) electrons. The summed E-state index contributed by atoms with van der Waals surface area (Å²) >= 11 is 0. The van der Waals surface area contributed by atoms with E-state index in [1.807, 2.05) is 13.8 Å². The Morgan fingerprint density at radius 1 is 0.913 bits per heavy atom. The largest absolute Gasteiger partial charge is 0.303 e. The normalized spacial score (nSPS) is 19.6. The Hall–Kier alpha value is -0.510. The van der Waals surface area contributed by atoms with Crippen molar-refractivity contribution in [2.24, 2.45) is 17.8 Å². The number of rotatable bonds is 11. The molecule has 5 atom stereocenters. The third-order valence-electron chi connectivity index (χ3n) is 3.65. The van der Waals surface area contributed by atoms with Crippen LogP contribution in [0.15, 0.2) is 0 Å². The Kier molecular flexibility index (Phi) is 8.90. The van der Waals surface area contributed by atoms with E-state index in [1.165, 1.54) is 6.92 Å². The molecule has 7 nitrogen and oxygen atoms in total. The third kappa shape index (κ3) is 8.78. The van der Waals surface area contributed by atoms with Crippen molar-refractivity contribution in [3.05, 3.63) is 0 Å². The molecule has 0 saturated heterocycles. The van der Waals surface area contributed by atoms with E-state index in [1.54, 1.807) is 6.92 Å². The molecule has 0 saturated carbocycles. The van der Waals surface area contributed by atoms with E-state index in [2.05, 4.69) is 0 Å². The van der Waals surface area contributed by atoms with Crippen LogP contribution in [0.4, 0.5) is 0 Å². The first kappa shape index (κ1) is 22.5. The van der Waals surface area contributed by atoms with Crippen molar-refractivity contribution in [1.29, 1.82) is 0 Å². The van der Waals surface area contributed by atoms with Crippen molar-refractivity contribution in [3.63, 3.8) is 0 Å². The molecule has 0 bridgehead atoms. The highest BCUT2D eigenvalue weighted by molar-refractivity contribution is 7.86. The molecule has 0 fully saturated rings. The fourth-order valence-corrected chi connectivity index (χ4v) is 4.17. The molecule has 0 aromatic rings. The molecule has 0 spiro atoms. The van der Waals surface area contributed by atoms with Crippen molar-refractivity contribution in [1.82, 2.24) is 0 Å². The minimum absolute atomic E-state index is 0.144. The summed E-state index contributed by atoms with van der Waals surface area (Å²) in [6.07, 6.45) is 2.18. The second kappa shape index (κ2) is 9.10. The average molecular weight is 373 g/mol. The summed E-state index contributed by atoms with van der Waals surface area (Å²) in [5.41, 5.74) is 0. The van der Waals surface area contributed by atoms with Crippen LogP contribution in [0.3, 0.4) is 0 Å². The van der Waals surface area contributed by atoms with Crippen LogP contribution < -0.4 is 0 Å². The van der Waals surface area contributed by atoms with Gasteiger partial charge in [-0.3, -0.25) is 8.37 Å². The van der Waals surface area contributed by atoms with Crippen LogP contribution in [0, 0.1) is 17.8 Å². The zero-order valence-corrected chi connectivity index (χ0v) is 16.2. The second-order valence-corrected chi connectivity index (χ2v) is 9.35. The monoisotopic (exact) mass is 372 g/mol. The fourth-order valence-electron chi connectivity index (χ4n) is 2.64. The maximum absolute atomic E-state index is 11.6. The van der Waals surface area contributed by atoms with Gasteiger partial charge in [0.05, 0.1) is 24.7 Å². The van der Waals surface area contributed by atoms with Gasteiger partial charge in [-0.25, -0.2) is 0 Å². The molecule has 0 unspecified atom stereocenters. The van der Waals surface area contributed by atoms with Gasteiger partial charge in [0, 0.05) is 11.8 Å². The summed E-state index contributed by atoms with van der Waals surface area (Å²) in [7, 11) is -7.54. The number of hydrogen-bond acceptors (Lipinski definition) is 7. The van der Waals surface area contributed by atoms with E-state index in [0.29, 0.717) is 12.7 Å². The molecule has 0 heterocycles. The summed E-state index contributed by atoms with van der Waals surface area (Å²) < 4.78 is 56.3. The first-order chi connectivity index (χ1) is 10.3. The minimum atomic E-state index is -3.80. The topological polar surface area (TPSA) is 104 Å². The molecule has 0 aliphatic rings. The molecule has 9 heteroatoms. The lowest BCUT2D eigenvalue weighted by molar-refractivity contribution is -0.114. The Labute approximate surface area is 140 Å². The summed E-state index contributed by atoms with van der Waals surface area (Å²) in [5.74, 6) is -1.48. The van der Waals surface area contributed by atoms with Crippen molar-refractivity contribution >= 4 is 26.5 Å². The van der Waals surface area contributed by atoms with Gasteiger partial charge >= 0.3 is 0 Å². The zero-order chi connectivity index (χ0) is 18.4. The predicted octanol–water partition coefficient (Wildman–Crippen LogP) is 1.58. The lowest BCUT2D eigenvalue weighted by Crippen LogP contribution is -2.43. The molecular formula is C14H28O7S2. The van der Waals surface area contributed by atoms with Gasteiger partial charge in [-0.2, -0.15) is 16.8 Å². The highest BCUT2D eigenvalue weighted by Crippen LogP contribution is 2.29. The molecule has 0 amide bonds. The maximum Gasteiger partial charge on any atom is 0.264 e. The van der Waals surface area contributed by atoms with Crippen LogP contribution in [0.1, 0.15) is 40.5 Å². The van der Waals surface area contributed by atoms with Gasteiger partial charge < -0.3 is 4.79 Å². The number of hydrogen-bond donors (Lipinski definition) is 0. The summed E-state index contributed by atoms with van der Waals surface area (Å²) in [4.78, 5) is 11.1. The van der Waals surface area contributed by atoms with Crippen LogP contribution in [0.2, 0.25) is 0 Å². The van der Waals surface area contributed by atoms with Crippen LogP contribution in [-0.2, 0) is 33.4 Å². The van der Waals surface area contributed by atoms with Crippen molar-refractivity contribution in [2.75, 3.05) is 12.5 Å². The molecule has 0 aromatic heterocycles. The Morgan fingerprint density at radius 2 is 1.35 bits per heavy atom. The number of carbonyl (C=O) groups is 1. The molecule has 0 N–H and O–H groups in total. The molecule has 0 aliphatic heterocycles. The standard InChI is InChI=1S/C14H28O7S2/c1-7-8-10(2)13(20-22(5,16)17)12(4)14(11(3)9-15)21-23(6,18)19/h9-14H,7-8H2,1-6H3/t10-,11+,12-,13+,14-/m0/s1. The lowest BCUT2D eigenvalue weighted by atomic mass is 9.83. The molecular weight excluding hydrogens is 344 g/mol. The van der Waals surface area contributed by atoms with Gasteiger partial charge in [0.25, 0.3) is 20.2 Å². The lowest BCUT2D eigenvalue weighted by Gasteiger charge is -2.34. The van der Waals surface area contributed by atoms with Crippen molar-refractivity contribution in [2.45, 2.75) is 52.7 Å². The summed E-state index contributed by atoms with van der Waals surface area (Å²) in [6, 6.07) is 0. The number of aldehydes is 1. The van der Waals surface area contributed by atoms with E-state index in [0.717, 1.165) is 18.9 Å². The summed E-state index contributed by atoms with van der Waals surface area (Å²) in [5, 5.41) is 0. The average Bonchev–Trinajstić information content (AvgIpc) is 2.38. The highest BCUT2D eigenvalue weighted by atomic mass is 32.2. The molecule has 0 aromatic carbocycles. The molecule has 23 heavy (non-hydrogen) atoms. The van der Waals surface area contributed by atoms with Crippen LogP contribution in [-0.4, -0.2) is 47.8 Å². The fraction of sp³-hybridized carbons (Fsp3) is 0.929. The SMILES string of the molecule is CCC[C@H](C)[C@@H](OS(C)(=O)=O)[C@H](C)[C@@H](OS(C)(=O)=O)[C@H](C)C=O. The van der Waals surface area contributed by atoms with Gasteiger partial charge in [0.2, 0.25) is 0 Å². The number of carbonyl (C=O) groups excluding carboxylic acids is 1. The van der Waals surface area contributed by atoms with E-state index >= 15 is 0 Å². The quantitative estimate of drug-likeness (QED) is 0.400. The molecule has 0 rings (SSSR count). The first-order valence-corrected chi connectivity index (χ1v) is 11.2. The van der Waals surface area contributed by atoms with Gasteiger partial charge in [0.1, 0.15) is 6.29 Å². The summed E-state index contributed by atoms with van der Waals surface area (Å²) in [6.45, 7) is 6.95. The molecule has 138 valence electrons. The smallest absolute Gasteiger partial charge is 0.264 e. The van der Waals surface area contributed by atoms with Gasteiger partial charge in [-0.1, -0.05) is 34.1 Å². The Balaban J connectivity index is 5.63. The minimum Gasteiger partial charge on any atom is -0.303 e. The maximum atomic E-state index is 11.6. The van der Waals surface area contributed by atoms with E-state index in [9.17, 15) is 21.6 Å². The van der Waals surface area contributed by atoms with E-state index in [4.69, 9.17) is 8.37 Å². The Bertz CT molecular complexity index is 568. The van der Waals surface area contributed by atoms with E-state index < -0.39 is 44.3 Å². The van der Waals surface area contributed by atoms with Gasteiger partial charge in [-0.15, -0.1) is 0 Å². The Morgan fingerprint density at radius 3 is 1.70 bits per heavy atom. The third-order valence-corrected chi connectivity index (χ3v) is 4.79. The van der Waals surface area contributed by atoms with Crippen molar-refractivity contribution in [3.8, 4) is 0 Å². The first-order valence-electron chi connectivity index (χ1n) is 7.54. The van der Waals surface area contributed by atoms with Crippen LogP contribution in [0.25, 0.3) is 0 Å². The van der Waals surface area contributed by atoms with Crippen LogP contribution in [0.5, 0.6) is 0 Å². The van der Waals surface area contributed by atoms with E-state index in [-0.39, 0.29) is 5.92 Å². The highest BCUT2D eigenvalue weighted by Gasteiger charge is 2.37. The predicted molar refractivity (Wildman–Crippen MR) is 87.9 cm³/mol. The van der Waals surface area contributed by atoms with Crippen LogP contribution >= 0.6 is 0 Å². The molecule has 0 aliphatic carbocycles. The second-order valence-electron chi connectivity index (χ2n) is 6.15. The van der Waals surface area contributed by atoms with Crippen molar-refractivity contribution < 1.29 is 30.0 Å². The zero-order valence-electron chi connectivity index (χ0n) is 14.6. The van der Waals surface area contributed by atoms with Gasteiger partial charge in [0.15, 0.2) is 0 Å².